The third kappa shape index (κ3) is 2.72. The van der Waals surface area contributed by atoms with Crippen LogP contribution in [0.3, 0.4) is 0 Å². The van der Waals surface area contributed by atoms with E-state index in [1.54, 1.807) is 6.20 Å². The molecule has 2 nitrogen and oxygen atoms in total. The topological polar surface area (TPSA) is 28.7 Å². The van der Waals surface area contributed by atoms with Gasteiger partial charge in [-0.2, -0.15) is 0 Å². The van der Waals surface area contributed by atoms with Gasteiger partial charge < -0.3 is 4.98 Å². The number of hydrogen-bond donors (Lipinski definition) is 1. The highest BCUT2D eigenvalue weighted by molar-refractivity contribution is 6.16. The molecular weight excluding hydrogens is 183 g/mol. The fraction of sp³-hybridized carbons (Fsp3) is 0.571. The predicted molar refractivity (Wildman–Crippen MR) is 49.5 cm³/mol. The molecule has 0 aliphatic carbocycles. The molecule has 1 N–H and O–H groups in total. The zero-order valence-electron chi connectivity index (χ0n) is 6.60. The van der Waals surface area contributed by atoms with Gasteiger partial charge in [-0.3, -0.25) is 0 Å². The van der Waals surface area contributed by atoms with Gasteiger partial charge in [0.2, 0.25) is 0 Å². The highest BCUT2D eigenvalue weighted by Crippen LogP contribution is 2.10. The molecule has 0 bridgehead atoms. The molecule has 11 heavy (non-hydrogen) atoms. The van der Waals surface area contributed by atoms with Gasteiger partial charge in [-0.05, 0) is 0 Å². The van der Waals surface area contributed by atoms with Crippen LogP contribution in [0.25, 0.3) is 0 Å². The molecule has 0 atom stereocenters. The summed E-state index contributed by atoms with van der Waals surface area (Å²) in [5, 5.41) is 0. The number of nitrogens with one attached hydrogen (secondary N) is 1. The third-order valence-electron chi connectivity index (χ3n) is 1.34. The van der Waals surface area contributed by atoms with Crippen molar-refractivity contribution in [3.05, 3.63) is 17.7 Å². The predicted octanol–water partition coefficient (Wildman–Crippen LogP) is 2.69. The van der Waals surface area contributed by atoms with Crippen LogP contribution in [0.2, 0.25) is 0 Å². The van der Waals surface area contributed by atoms with Gasteiger partial charge in [0.15, 0.2) is 0 Å². The van der Waals surface area contributed by atoms with Crippen molar-refractivity contribution in [1.29, 1.82) is 0 Å². The van der Waals surface area contributed by atoms with Crippen LogP contribution in [0.1, 0.15) is 31.3 Å². The Bertz CT molecular complexity index is 208. The Morgan fingerprint density at radius 1 is 1.64 bits per heavy atom. The van der Waals surface area contributed by atoms with Crippen LogP contribution in [0.4, 0.5) is 0 Å². The Morgan fingerprint density at radius 3 is 2.55 bits per heavy atom. The summed E-state index contributed by atoms with van der Waals surface area (Å²) in [4.78, 5) is 7.27. The molecule has 0 saturated carbocycles. The fourth-order valence-corrected chi connectivity index (χ4v) is 0.874. The summed E-state index contributed by atoms with van der Waals surface area (Å²) >= 11 is 5.57. The number of alkyl halides is 1. The van der Waals surface area contributed by atoms with Crippen molar-refractivity contribution in [3.8, 4) is 0 Å². The summed E-state index contributed by atoms with van der Waals surface area (Å²) in [5.74, 6) is 1.98. The van der Waals surface area contributed by atoms with E-state index in [4.69, 9.17) is 11.6 Å². The van der Waals surface area contributed by atoms with E-state index in [-0.39, 0.29) is 12.4 Å². The van der Waals surface area contributed by atoms with Crippen molar-refractivity contribution >= 4 is 24.0 Å². The molecule has 0 spiro atoms. The first-order valence-corrected chi connectivity index (χ1v) is 3.87. The molecule has 1 heterocycles. The first-order chi connectivity index (χ1) is 4.74. The van der Waals surface area contributed by atoms with E-state index >= 15 is 0 Å². The second kappa shape index (κ2) is 4.62. The Balaban J connectivity index is 0.000001000. The SMILES string of the molecule is CC(C)c1ncc(CCl)[nH]1.Cl. The first-order valence-electron chi connectivity index (χ1n) is 3.33. The van der Waals surface area contributed by atoms with Crippen LogP contribution in [0, 0.1) is 0 Å². The summed E-state index contributed by atoms with van der Waals surface area (Å²) in [5.41, 5.74) is 0.991. The quantitative estimate of drug-likeness (QED) is 0.722. The van der Waals surface area contributed by atoms with Crippen molar-refractivity contribution in [2.45, 2.75) is 25.6 Å². The number of imidazole rings is 1. The summed E-state index contributed by atoms with van der Waals surface area (Å²) in [7, 11) is 0. The van der Waals surface area contributed by atoms with E-state index in [2.05, 4.69) is 23.8 Å². The van der Waals surface area contributed by atoms with Gasteiger partial charge in [-0.15, -0.1) is 24.0 Å². The molecule has 0 aromatic carbocycles. The molecule has 0 aliphatic heterocycles. The number of H-pyrrole nitrogens is 1. The average molecular weight is 195 g/mol. The first kappa shape index (κ1) is 10.8. The lowest BCUT2D eigenvalue weighted by molar-refractivity contribution is 0.791. The van der Waals surface area contributed by atoms with E-state index in [0.29, 0.717) is 11.8 Å². The lowest BCUT2D eigenvalue weighted by Crippen LogP contribution is -1.89. The monoisotopic (exact) mass is 194 g/mol. The number of rotatable bonds is 2. The van der Waals surface area contributed by atoms with Crippen molar-refractivity contribution in [2.24, 2.45) is 0 Å². The number of aromatic amines is 1. The molecule has 1 aromatic rings. The highest BCUT2D eigenvalue weighted by atomic mass is 35.5. The normalized spacial score (nSPS) is 9.82. The van der Waals surface area contributed by atoms with Gasteiger partial charge in [-0.25, -0.2) is 4.98 Å². The fourth-order valence-electron chi connectivity index (χ4n) is 0.738. The Kier molecular flexibility index (Phi) is 4.54. The number of nitrogens with zero attached hydrogens (tertiary/aromatic N) is 1. The second-order valence-electron chi connectivity index (χ2n) is 2.58. The van der Waals surface area contributed by atoms with E-state index in [1.807, 2.05) is 0 Å². The molecule has 0 fully saturated rings. The minimum absolute atomic E-state index is 0. The highest BCUT2D eigenvalue weighted by Gasteiger charge is 2.02. The Morgan fingerprint density at radius 2 is 2.27 bits per heavy atom. The summed E-state index contributed by atoms with van der Waals surface area (Å²) in [6.45, 7) is 4.19. The van der Waals surface area contributed by atoms with Crippen LogP contribution in [0.15, 0.2) is 6.20 Å². The van der Waals surface area contributed by atoms with E-state index in [9.17, 15) is 0 Å². The maximum absolute atomic E-state index is 5.57. The van der Waals surface area contributed by atoms with Gasteiger partial charge in [0, 0.05) is 17.8 Å². The van der Waals surface area contributed by atoms with Crippen LogP contribution in [0.5, 0.6) is 0 Å². The molecule has 0 amide bonds. The molecule has 0 saturated heterocycles. The van der Waals surface area contributed by atoms with Crippen molar-refractivity contribution in [3.63, 3.8) is 0 Å². The van der Waals surface area contributed by atoms with E-state index in [0.717, 1.165) is 11.5 Å². The molecule has 1 aromatic heterocycles. The van der Waals surface area contributed by atoms with E-state index in [1.165, 1.54) is 0 Å². The molecular formula is C7H12Cl2N2. The zero-order chi connectivity index (χ0) is 7.56. The number of hydrogen-bond acceptors (Lipinski definition) is 1. The lowest BCUT2D eigenvalue weighted by atomic mass is 10.2. The molecule has 0 radical (unpaired) electrons. The summed E-state index contributed by atoms with van der Waals surface area (Å²) in [6.07, 6.45) is 1.78. The largest absolute Gasteiger partial charge is 0.345 e. The van der Waals surface area contributed by atoms with Crippen LogP contribution < -0.4 is 0 Å². The van der Waals surface area contributed by atoms with Gasteiger partial charge in [0.05, 0.1) is 5.88 Å². The third-order valence-corrected chi connectivity index (χ3v) is 1.63. The molecule has 1 rings (SSSR count). The number of aromatic nitrogens is 2. The van der Waals surface area contributed by atoms with Crippen LogP contribution in [-0.4, -0.2) is 9.97 Å². The maximum atomic E-state index is 5.57. The van der Waals surface area contributed by atoms with E-state index < -0.39 is 0 Å². The second-order valence-corrected chi connectivity index (χ2v) is 2.85. The van der Waals surface area contributed by atoms with Gasteiger partial charge in [0.1, 0.15) is 5.82 Å². The minimum Gasteiger partial charge on any atom is -0.345 e. The summed E-state index contributed by atoms with van der Waals surface area (Å²) in [6, 6.07) is 0. The van der Waals surface area contributed by atoms with Crippen molar-refractivity contribution in [1.82, 2.24) is 9.97 Å². The Hall–Kier alpha value is -0.210. The smallest absolute Gasteiger partial charge is 0.108 e. The molecule has 0 unspecified atom stereocenters. The summed E-state index contributed by atoms with van der Waals surface area (Å²) < 4.78 is 0. The average Bonchev–Trinajstić information content (AvgIpc) is 2.34. The minimum atomic E-state index is 0. The number of halogens is 2. The van der Waals surface area contributed by atoms with Gasteiger partial charge >= 0.3 is 0 Å². The van der Waals surface area contributed by atoms with Gasteiger partial charge in [0.25, 0.3) is 0 Å². The van der Waals surface area contributed by atoms with Crippen LogP contribution >= 0.6 is 24.0 Å². The Labute approximate surface area is 77.8 Å². The lowest BCUT2D eigenvalue weighted by Gasteiger charge is -1.96. The van der Waals surface area contributed by atoms with Gasteiger partial charge in [-0.1, -0.05) is 13.8 Å². The molecule has 64 valence electrons. The standard InChI is InChI=1S/C7H11ClN2.ClH/c1-5(2)7-9-4-6(3-8)10-7;/h4-5H,3H2,1-2H3,(H,9,10);1H. The van der Waals surface area contributed by atoms with Crippen molar-refractivity contribution < 1.29 is 0 Å². The van der Waals surface area contributed by atoms with Crippen LogP contribution in [-0.2, 0) is 5.88 Å². The van der Waals surface area contributed by atoms with Crippen molar-refractivity contribution in [2.75, 3.05) is 0 Å². The molecule has 4 heteroatoms. The zero-order valence-corrected chi connectivity index (χ0v) is 8.17. The maximum Gasteiger partial charge on any atom is 0.108 e. The molecule has 0 aliphatic rings.